The molecule has 0 aromatic heterocycles. The summed E-state index contributed by atoms with van der Waals surface area (Å²) in [5, 5.41) is 13.9. The lowest BCUT2D eigenvalue weighted by atomic mass is 9.80. The highest BCUT2D eigenvalue weighted by atomic mass is 19.4. The van der Waals surface area contributed by atoms with Gasteiger partial charge in [-0.3, -0.25) is 19.2 Å². The number of halogens is 7. The molecule has 236 valence electrons. The van der Waals surface area contributed by atoms with E-state index in [2.05, 4.69) is 5.32 Å². The number of anilines is 1. The average molecular weight is 622 g/mol. The maximum Gasteiger partial charge on any atom is 0.460 e. The van der Waals surface area contributed by atoms with E-state index in [0.717, 1.165) is 16.8 Å². The molecule has 0 unspecified atom stereocenters. The van der Waals surface area contributed by atoms with Crippen molar-refractivity contribution in [2.24, 2.45) is 5.92 Å². The number of fused-ring (bicyclic) bond motifs is 2. The molecule has 1 aromatic rings. The Morgan fingerprint density at radius 3 is 2.30 bits per heavy atom. The third kappa shape index (κ3) is 5.73. The van der Waals surface area contributed by atoms with E-state index in [1.165, 1.54) is 12.2 Å². The number of hydrogen-bond acceptors (Lipinski definition) is 5. The monoisotopic (exact) mass is 621 g/mol. The maximum atomic E-state index is 13.9. The third-order valence-corrected chi connectivity index (χ3v) is 7.76. The third-order valence-electron chi connectivity index (χ3n) is 7.76. The van der Waals surface area contributed by atoms with Gasteiger partial charge < -0.3 is 20.4 Å². The van der Waals surface area contributed by atoms with Crippen molar-refractivity contribution >= 4 is 29.3 Å². The average Bonchev–Trinajstić information content (AvgIpc) is 3.45. The molecule has 43 heavy (non-hydrogen) atoms. The zero-order valence-corrected chi connectivity index (χ0v) is 23.6. The molecular weight excluding hydrogens is 591 g/mol. The molecule has 4 atom stereocenters. The van der Waals surface area contributed by atoms with E-state index in [-0.39, 0.29) is 25.3 Å². The number of para-hydroxylation sites is 1. The highest BCUT2D eigenvalue weighted by Gasteiger charge is 2.76. The lowest BCUT2D eigenvalue weighted by Crippen LogP contribution is -2.62. The van der Waals surface area contributed by atoms with Crippen LogP contribution in [0.4, 0.5) is 36.4 Å². The number of nitrogens with zero attached hydrogens (tertiary/aromatic N) is 3. The molecule has 9 nitrogen and oxygen atoms in total. The van der Waals surface area contributed by atoms with E-state index < -0.39 is 71.6 Å². The van der Waals surface area contributed by atoms with Crippen LogP contribution >= 0.6 is 0 Å². The van der Waals surface area contributed by atoms with E-state index >= 15 is 0 Å². The smallest absolute Gasteiger partial charge is 0.339 e. The summed E-state index contributed by atoms with van der Waals surface area (Å²) >= 11 is 0. The van der Waals surface area contributed by atoms with Crippen LogP contribution < -0.4 is 10.6 Å². The quantitative estimate of drug-likeness (QED) is 0.408. The summed E-state index contributed by atoms with van der Waals surface area (Å²) in [4.78, 5) is 54.1. The molecular formula is C27H30F7N5O4. The van der Waals surface area contributed by atoms with Crippen molar-refractivity contribution in [3.05, 3.63) is 29.8 Å². The molecule has 2 heterocycles. The molecule has 4 amide bonds. The Kier molecular flexibility index (Phi) is 9.10. The van der Waals surface area contributed by atoms with Crippen LogP contribution in [0.1, 0.15) is 45.6 Å². The van der Waals surface area contributed by atoms with Gasteiger partial charge in [0.25, 0.3) is 5.91 Å². The van der Waals surface area contributed by atoms with Crippen LogP contribution in [0.5, 0.6) is 0 Å². The zero-order valence-electron chi connectivity index (χ0n) is 23.6. The number of likely N-dealkylation sites (tertiary alicyclic amines) is 1. The van der Waals surface area contributed by atoms with Gasteiger partial charge in [-0.2, -0.15) is 36.0 Å². The second kappa shape index (κ2) is 11.6. The first-order valence-electron chi connectivity index (χ1n) is 13.3. The van der Waals surface area contributed by atoms with Gasteiger partial charge in [0.2, 0.25) is 17.7 Å². The first-order chi connectivity index (χ1) is 19.8. The lowest BCUT2D eigenvalue weighted by molar-refractivity contribution is -0.344. The van der Waals surface area contributed by atoms with E-state index in [1.54, 1.807) is 38.1 Å². The molecule has 2 N–H and O–H groups in total. The van der Waals surface area contributed by atoms with Gasteiger partial charge in [0.15, 0.2) is 0 Å². The van der Waals surface area contributed by atoms with Crippen LogP contribution in [0.2, 0.25) is 0 Å². The van der Waals surface area contributed by atoms with Crippen molar-refractivity contribution in [1.29, 1.82) is 5.26 Å². The molecule has 1 spiro atoms. The summed E-state index contributed by atoms with van der Waals surface area (Å²) < 4.78 is 92.4. The molecule has 1 saturated heterocycles. The summed E-state index contributed by atoms with van der Waals surface area (Å²) in [5.41, 5.74) is -0.169. The van der Waals surface area contributed by atoms with Gasteiger partial charge in [0.05, 0.1) is 11.5 Å². The molecule has 2 aliphatic heterocycles. The van der Waals surface area contributed by atoms with Crippen molar-refractivity contribution in [3.8, 4) is 6.07 Å². The Balaban J connectivity index is 1.89. The number of carbonyl (C=O) groups is 4. The van der Waals surface area contributed by atoms with Crippen LogP contribution in [0, 0.1) is 17.2 Å². The summed E-state index contributed by atoms with van der Waals surface area (Å²) in [5.74, 6) is -18.7. The normalized spacial score (nSPS) is 21.7. The minimum absolute atomic E-state index is 0.0435. The first kappa shape index (κ1) is 33.6. The molecule has 1 aromatic carbocycles. The van der Waals surface area contributed by atoms with Gasteiger partial charge in [-0.25, -0.2) is 0 Å². The van der Waals surface area contributed by atoms with Crippen molar-refractivity contribution < 1.29 is 49.9 Å². The van der Waals surface area contributed by atoms with Crippen LogP contribution in [-0.2, 0) is 24.6 Å². The predicted molar refractivity (Wildman–Crippen MR) is 137 cm³/mol. The van der Waals surface area contributed by atoms with E-state index in [1.807, 2.05) is 6.07 Å². The minimum atomic E-state index is -6.76. The van der Waals surface area contributed by atoms with Gasteiger partial charge in [0, 0.05) is 25.7 Å². The van der Waals surface area contributed by atoms with Gasteiger partial charge in [-0.15, -0.1) is 0 Å². The number of rotatable bonds is 9. The van der Waals surface area contributed by atoms with Crippen molar-refractivity contribution in [2.75, 3.05) is 18.9 Å². The van der Waals surface area contributed by atoms with E-state index in [9.17, 15) is 55.2 Å². The molecule has 1 fully saturated rings. The number of benzene rings is 1. The molecule has 2 aliphatic rings. The summed E-state index contributed by atoms with van der Waals surface area (Å²) in [6.45, 7) is 4.33. The van der Waals surface area contributed by atoms with Crippen molar-refractivity contribution in [3.63, 3.8) is 0 Å². The van der Waals surface area contributed by atoms with Gasteiger partial charge in [0.1, 0.15) is 18.1 Å². The fraction of sp³-hybridized carbons (Fsp3) is 0.593. The largest absolute Gasteiger partial charge is 0.460 e. The van der Waals surface area contributed by atoms with Gasteiger partial charge in [-0.1, -0.05) is 39.0 Å². The highest BCUT2D eigenvalue weighted by Crippen LogP contribution is 2.47. The van der Waals surface area contributed by atoms with E-state index in [0.29, 0.717) is 11.3 Å². The fourth-order valence-corrected chi connectivity index (χ4v) is 5.36. The van der Waals surface area contributed by atoms with Crippen LogP contribution in [-0.4, -0.2) is 83.2 Å². The maximum absolute atomic E-state index is 13.9. The number of hydrogen-bond donors (Lipinski definition) is 2. The van der Waals surface area contributed by atoms with Crippen LogP contribution in [0.3, 0.4) is 0 Å². The Hall–Kier alpha value is -3.90. The van der Waals surface area contributed by atoms with Gasteiger partial charge in [-0.05, 0) is 30.4 Å². The Labute approximate surface area is 242 Å². The summed E-state index contributed by atoms with van der Waals surface area (Å²) in [7, 11) is 1.08. The number of alkyl halides is 7. The number of carbonyl (C=O) groups excluding carboxylic acids is 4. The molecule has 0 aliphatic carbocycles. The topological polar surface area (TPSA) is 123 Å². The van der Waals surface area contributed by atoms with Crippen LogP contribution in [0.15, 0.2) is 24.3 Å². The molecule has 3 rings (SSSR count). The predicted octanol–water partition coefficient (Wildman–Crippen LogP) is 3.60. The fourth-order valence-electron chi connectivity index (χ4n) is 5.36. The molecule has 16 heteroatoms. The SMILES string of the molecule is CC[C@H](NC(=O)C(F)(F)C(F)(F)C(F)(F)F)C(=O)N(C)[C@@H](CC(C)C)C(=O)N1C[C@]2(C[C@H]1C#N)C(=O)Nc1ccccc12. The second-order valence-electron chi connectivity index (χ2n) is 11.1. The Morgan fingerprint density at radius 1 is 1.16 bits per heavy atom. The molecule has 0 saturated carbocycles. The Morgan fingerprint density at radius 2 is 1.77 bits per heavy atom. The number of amides is 4. The Bertz CT molecular complexity index is 1330. The van der Waals surface area contributed by atoms with E-state index in [4.69, 9.17) is 0 Å². The number of nitriles is 1. The minimum Gasteiger partial charge on any atom is -0.339 e. The number of likely N-dealkylation sites (N-methyl/N-ethyl adjacent to an activating group) is 1. The van der Waals surface area contributed by atoms with Crippen molar-refractivity contribution in [1.82, 2.24) is 15.1 Å². The van der Waals surface area contributed by atoms with Crippen molar-refractivity contribution in [2.45, 2.75) is 81.6 Å². The standard InChI is InChI=1S/C27H30F7N5O4/c1-5-17(36-23(43)25(28,29)26(30,31)27(32,33)34)20(40)38(4)19(10-14(2)3)21(41)39-13-24(11-15(39)12-35)16-8-6-7-9-18(16)37-22(24)42/h6-9,14-15,17,19H,5,10-11,13H2,1-4H3,(H,36,43)(H,37,42)/t15-,17-,19-,24-/m0/s1. The summed E-state index contributed by atoms with van der Waals surface area (Å²) in [6.07, 6.45) is -7.36. The van der Waals surface area contributed by atoms with Gasteiger partial charge >= 0.3 is 18.0 Å². The lowest BCUT2D eigenvalue weighted by Gasteiger charge is -2.35. The van der Waals surface area contributed by atoms with Crippen LogP contribution in [0.25, 0.3) is 0 Å². The zero-order chi connectivity index (χ0) is 32.7. The second-order valence-corrected chi connectivity index (χ2v) is 11.1. The number of nitrogens with one attached hydrogen (secondary N) is 2. The first-order valence-corrected chi connectivity index (χ1v) is 13.3. The molecule has 0 radical (unpaired) electrons. The molecule has 0 bridgehead atoms. The summed E-state index contributed by atoms with van der Waals surface area (Å²) in [6, 6.07) is 4.25. The highest BCUT2D eigenvalue weighted by molar-refractivity contribution is 6.07.